The Morgan fingerprint density at radius 3 is 2.47 bits per heavy atom. The van der Waals surface area contributed by atoms with Gasteiger partial charge < -0.3 is 9.73 Å². The Morgan fingerprint density at radius 2 is 1.83 bits per heavy atom. The van der Waals surface area contributed by atoms with Gasteiger partial charge in [0.2, 0.25) is 5.09 Å². The molecule has 3 N–H and O–H groups in total. The molecule has 9 nitrogen and oxygen atoms in total. The molecule has 0 bridgehead atoms. The summed E-state index contributed by atoms with van der Waals surface area (Å²) in [5, 5.41) is 7.41. The van der Waals surface area contributed by atoms with Crippen molar-refractivity contribution in [2.24, 2.45) is 5.10 Å². The SMILES string of the molecule is O=C(N/N=C\c1ccc(S(=O)(=O)O)o1)/C(=C\c1cccs1)NC(=O)c1ccccc1. The first-order chi connectivity index (χ1) is 14.3. The largest absolute Gasteiger partial charge is 0.441 e. The van der Waals surface area contributed by atoms with E-state index < -0.39 is 27.0 Å². The van der Waals surface area contributed by atoms with Gasteiger partial charge in [0.1, 0.15) is 11.5 Å². The average molecular weight is 445 g/mol. The van der Waals surface area contributed by atoms with Gasteiger partial charge in [-0.2, -0.15) is 13.5 Å². The summed E-state index contributed by atoms with van der Waals surface area (Å²) in [7, 11) is -4.48. The molecule has 2 heterocycles. The Bertz CT molecular complexity index is 1200. The molecule has 1 aromatic carbocycles. The predicted molar refractivity (Wildman–Crippen MR) is 110 cm³/mol. The second-order valence-electron chi connectivity index (χ2n) is 5.72. The van der Waals surface area contributed by atoms with E-state index in [1.807, 2.05) is 5.38 Å². The minimum atomic E-state index is -4.48. The van der Waals surface area contributed by atoms with E-state index in [0.29, 0.717) is 5.56 Å². The van der Waals surface area contributed by atoms with Crippen molar-refractivity contribution in [3.8, 4) is 0 Å². The van der Waals surface area contributed by atoms with Crippen LogP contribution in [0.15, 0.2) is 80.3 Å². The van der Waals surface area contributed by atoms with Gasteiger partial charge in [-0.05, 0) is 41.8 Å². The maximum atomic E-state index is 12.5. The second kappa shape index (κ2) is 9.31. The number of hydrazone groups is 1. The Hall–Kier alpha value is -3.54. The third kappa shape index (κ3) is 5.73. The summed E-state index contributed by atoms with van der Waals surface area (Å²) in [6.07, 6.45) is 2.55. The Kier molecular flexibility index (Phi) is 6.57. The van der Waals surface area contributed by atoms with E-state index in [-0.39, 0.29) is 11.5 Å². The van der Waals surface area contributed by atoms with Crippen LogP contribution >= 0.6 is 11.3 Å². The summed E-state index contributed by atoms with van der Waals surface area (Å²) in [6, 6.07) is 14.2. The molecule has 30 heavy (non-hydrogen) atoms. The van der Waals surface area contributed by atoms with Gasteiger partial charge in [0, 0.05) is 10.4 Å². The summed E-state index contributed by atoms with van der Waals surface area (Å²) in [5.74, 6) is -1.19. The monoisotopic (exact) mass is 445 g/mol. The summed E-state index contributed by atoms with van der Waals surface area (Å²) in [5.41, 5.74) is 2.56. The Labute approximate surface area is 175 Å². The fourth-order valence-corrected chi connectivity index (χ4v) is 3.31. The molecule has 0 spiro atoms. The number of nitrogens with one attached hydrogen (secondary N) is 2. The lowest BCUT2D eigenvalue weighted by atomic mass is 10.2. The molecular weight excluding hydrogens is 430 g/mol. The number of rotatable bonds is 7. The Morgan fingerprint density at radius 1 is 1.07 bits per heavy atom. The van der Waals surface area contributed by atoms with Crippen molar-refractivity contribution >= 4 is 45.6 Å². The van der Waals surface area contributed by atoms with Crippen molar-refractivity contribution in [1.29, 1.82) is 0 Å². The third-order valence-corrected chi connectivity index (χ3v) is 5.12. The van der Waals surface area contributed by atoms with Crippen LogP contribution in [0.4, 0.5) is 0 Å². The number of amides is 2. The summed E-state index contributed by atoms with van der Waals surface area (Å²) in [4.78, 5) is 25.7. The highest BCUT2D eigenvalue weighted by Crippen LogP contribution is 2.14. The molecule has 154 valence electrons. The topological polar surface area (TPSA) is 138 Å². The molecule has 2 amide bonds. The number of carbonyl (C=O) groups is 2. The van der Waals surface area contributed by atoms with Crippen LogP contribution in [0.25, 0.3) is 6.08 Å². The minimum absolute atomic E-state index is 0.0139. The molecule has 0 unspecified atom stereocenters. The van der Waals surface area contributed by atoms with E-state index in [0.717, 1.165) is 17.2 Å². The fraction of sp³-hybridized carbons (Fsp3) is 0. The smallest absolute Gasteiger partial charge is 0.328 e. The van der Waals surface area contributed by atoms with Crippen LogP contribution in [0.3, 0.4) is 0 Å². The minimum Gasteiger partial charge on any atom is -0.441 e. The molecule has 0 aliphatic rings. The van der Waals surface area contributed by atoms with Crippen molar-refractivity contribution < 1.29 is 27.0 Å². The molecule has 0 fully saturated rings. The van der Waals surface area contributed by atoms with Crippen LogP contribution in [-0.4, -0.2) is 31.0 Å². The highest BCUT2D eigenvalue weighted by Gasteiger charge is 2.16. The maximum Gasteiger partial charge on any atom is 0.328 e. The van der Waals surface area contributed by atoms with Crippen molar-refractivity contribution in [3.63, 3.8) is 0 Å². The Balaban J connectivity index is 1.74. The first kappa shape index (κ1) is 21.2. The summed E-state index contributed by atoms with van der Waals surface area (Å²) < 4.78 is 35.8. The number of nitrogens with zero attached hydrogens (tertiary/aromatic N) is 1. The maximum absolute atomic E-state index is 12.5. The number of hydrogen-bond acceptors (Lipinski definition) is 7. The predicted octanol–water partition coefficient (Wildman–Crippen LogP) is 2.51. The van der Waals surface area contributed by atoms with Gasteiger partial charge in [-0.3, -0.25) is 14.1 Å². The van der Waals surface area contributed by atoms with Crippen LogP contribution in [0, 0.1) is 0 Å². The van der Waals surface area contributed by atoms with Crippen LogP contribution in [0.1, 0.15) is 21.0 Å². The number of hydrogen-bond donors (Lipinski definition) is 3. The van der Waals surface area contributed by atoms with Crippen molar-refractivity contribution in [3.05, 3.63) is 81.9 Å². The zero-order valence-electron chi connectivity index (χ0n) is 15.2. The van der Waals surface area contributed by atoms with E-state index in [1.165, 1.54) is 23.5 Å². The molecule has 11 heteroatoms. The zero-order valence-corrected chi connectivity index (χ0v) is 16.8. The molecule has 3 rings (SSSR count). The molecule has 2 aromatic heterocycles. The molecule has 0 saturated heterocycles. The van der Waals surface area contributed by atoms with E-state index in [1.54, 1.807) is 42.5 Å². The standard InChI is InChI=1S/C19H15N3O6S2/c23-18(13-5-2-1-3-6-13)21-16(11-15-7-4-10-29-15)19(24)22-20-12-14-8-9-17(28-14)30(25,26)27/h1-12H,(H,21,23)(H,22,24)(H,25,26,27)/b16-11+,20-12-. The lowest BCUT2D eigenvalue weighted by Gasteiger charge is -2.08. The number of benzene rings is 1. The van der Waals surface area contributed by atoms with Crippen molar-refractivity contribution in [1.82, 2.24) is 10.7 Å². The van der Waals surface area contributed by atoms with Crippen molar-refractivity contribution in [2.45, 2.75) is 5.09 Å². The molecule has 3 aromatic rings. The third-order valence-electron chi connectivity index (χ3n) is 3.57. The van der Waals surface area contributed by atoms with Crippen LogP contribution in [-0.2, 0) is 14.9 Å². The molecule has 0 saturated carbocycles. The van der Waals surface area contributed by atoms with E-state index >= 15 is 0 Å². The number of carbonyl (C=O) groups excluding carboxylic acids is 2. The van der Waals surface area contributed by atoms with Gasteiger partial charge in [0.25, 0.3) is 11.8 Å². The molecule has 0 aliphatic carbocycles. The first-order valence-corrected chi connectivity index (χ1v) is 10.7. The summed E-state index contributed by atoms with van der Waals surface area (Å²) in [6.45, 7) is 0. The lowest BCUT2D eigenvalue weighted by Crippen LogP contribution is -2.32. The zero-order chi connectivity index (χ0) is 21.6. The quantitative estimate of drug-likeness (QED) is 0.221. The first-order valence-electron chi connectivity index (χ1n) is 8.35. The lowest BCUT2D eigenvalue weighted by molar-refractivity contribution is -0.117. The van der Waals surface area contributed by atoms with Gasteiger partial charge in [0.05, 0.1) is 6.21 Å². The highest BCUT2D eigenvalue weighted by atomic mass is 32.2. The van der Waals surface area contributed by atoms with E-state index in [4.69, 9.17) is 8.97 Å². The fourth-order valence-electron chi connectivity index (χ4n) is 2.22. The van der Waals surface area contributed by atoms with Crippen LogP contribution in [0.5, 0.6) is 0 Å². The molecular formula is C19H15N3O6S2. The normalized spacial score (nSPS) is 12.1. The van der Waals surface area contributed by atoms with Crippen LogP contribution in [0.2, 0.25) is 0 Å². The second-order valence-corrected chi connectivity index (χ2v) is 8.06. The molecule has 0 aliphatic heterocycles. The number of thiophene rings is 1. The highest BCUT2D eigenvalue weighted by molar-refractivity contribution is 7.85. The van der Waals surface area contributed by atoms with Gasteiger partial charge in [-0.1, -0.05) is 24.3 Å². The van der Waals surface area contributed by atoms with Gasteiger partial charge >= 0.3 is 10.1 Å². The van der Waals surface area contributed by atoms with Crippen molar-refractivity contribution in [2.75, 3.05) is 0 Å². The number of furan rings is 1. The van der Waals surface area contributed by atoms with E-state index in [9.17, 15) is 18.0 Å². The van der Waals surface area contributed by atoms with Gasteiger partial charge in [0.15, 0.2) is 0 Å². The molecule has 0 radical (unpaired) electrons. The summed E-state index contributed by atoms with van der Waals surface area (Å²) >= 11 is 1.38. The van der Waals surface area contributed by atoms with Gasteiger partial charge in [-0.15, -0.1) is 11.3 Å². The van der Waals surface area contributed by atoms with Crippen LogP contribution < -0.4 is 10.7 Å². The van der Waals surface area contributed by atoms with Gasteiger partial charge in [-0.25, -0.2) is 5.43 Å². The average Bonchev–Trinajstić information content (AvgIpc) is 3.40. The van der Waals surface area contributed by atoms with E-state index in [2.05, 4.69) is 15.8 Å². The molecule has 0 atom stereocenters.